The number of hydrogen-bond donors (Lipinski definition) is 0. The molecule has 0 spiro atoms. The van der Waals surface area contributed by atoms with E-state index in [9.17, 15) is 5.48 Å². The van der Waals surface area contributed by atoms with E-state index in [-0.39, 0.29) is 41.7 Å². The summed E-state index contributed by atoms with van der Waals surface area (Å²) in [5.74, 6) is -2.05. The summed E-state index contributed by atoms with van der Waals surface area (Å²) in [4.78, 5) is 13.6. The van der Waals surface area contributed by atoms with E-state index in [1.165, 1.54) is 0 Å². The standard InChI is InChI=1S/C39H22N4OS/c1-2-11-23(12-3-1)37-40-38(29-17-10-16-27-25-14-6-9-20-33(25)45-36(27)29)42-39(41-37)43-30-18-7-4-15-28(30)34-31(43)22-21-26-24-13-5-8-19-32(24)44-35(26)34/h1-22H/i1D,2D,3D,4D,5D,6D,7D,8D,9D,10D,11D,12D,13D,14D,15D,16D,17D,18D,19D,20D,21D,22D. The maximum atomic E-state index is 9.49. The summed E-state index contributed by atoms with van der Waals surface area (Å²) in [6, 6.07) is -15.8. The van der Waals surface area contributed by atoms with Gasteiger partial charge in [-0.05, 0) is 36.3 Å². The molecule has 0 aliphatic rings. The predicted molar refractivity (Wildman–Crippen MR) is 185 cm³/mol. The molecule has 10 aromatic rings. The van der Waals surface area contributed by atoms with Crippen molar-refractivity contribution in [1.29, 1.82) is 0 Å². The Morgan fingerprint density at radius 3 is 2.20 bits per heavy atom. The Balaban J connectivity index is 1.47. The van der Waals surface area contributed by atoms with Crippen LogP contribution in [0.25, 0.3) is 92.6 Å². The Bertz CT molecular complexity index is 4000. The maximum absolute atomic E-state index is 9.49. The van der Waals surface area contributed by atoms with Crippen LogP contribution in [-0.4, -0.2) is 19.5 Å². The first-order valence-electron chi connectivity index (χ1n) is 24.1. The number of aromatic nitrogens is 4. The van der Waals surface area contributed by atoms with E-state index in [0.29, 0.717) is 11.3 Å². The lowest BCUT2D eigenvalue weighted by molar-refractivity contribution is 0.673. The molecular weight excluding hydrogens is 573 g/mol. The van der Waals surface area contributed by atoms with Crippen LogP contribution in [0.5, 0.6) is 0 Å². The van der Waals surface area contributed by atoms with Crippen LogP contribution in [0.2, 0.25) is 0 Å². The van der Waals surface area contributed by atoms with Gasteiger partial charge in [-0.3, -0.25) is 4.57 Å². The van der Waals surface area contributed by atoms with Crippen molar-refractivity contribution in [2.45, 2.75) is 0 Å². The second-order valence-corrected chi connectivity index (χ2v) is 10.6. The third-order valence-electron chi connectivity index (χ3n) is 7.18. The van der Waals surface area contributed by atoms with Crippen molar-refractivity contribution in [3.63, 3.8) is 0 Å². The number of hydrogen-bond acceptors (Lipinski definition) is 5. The first kappa shape index (κ1) is 11.6. The molecule has 0 N–H and O–H groups in total. The molecule has 0 amide bonds. The molecule has 210 valence electrons. The maximum Gasteiger partial charge on any atom is 0.238 e. The van der Waals surface area contributed by atoms with Gasteiger partial charge in [-0.1, -0.05) is 96.7 Å². The number of rotatable bonds is 3. The summed E-state index contributed by atoms with van der Waals surface area (Å²) >= 11 is 0.702. The van der Waals surface area contributed by atoms with Crippen molar-refractivity contribution in [3.8, 4) is 28.7 Å². The number of benzene rings is 6. The molecular formula is C39H22N4OS. The van der Waals surface area contributed by atoms with E-state index in [1.54, 1.807) is 0 Å². The highest BCUT2D eigenvalue weighted by Gasteiger charge is 2.22. The fourth-order valence-electron chi connectivity index (χ4n) is 5.31. The van der Waals surface area contributed by atoms with Gasteiger partial charge in [-0.2, -0.15) is 9.97 Å². The second-order valence-electron chi connectivity index (χ2n) is 9.59. The number of fused-ring (bicyclic) bond motifs is 10. The van der Waals surface area contributed by atoms with Crippen LogP contribution in [0, 0.1) is 0 Å². The van der Waals surface area contributed by atoms with E-state index >= 15 is 0 Å². The number of furan rings is 1. The summed E-state index contributed by atoms with van der Waals surface area (Å²) in [7, 11) is 0. The second kappa shape index (κ2) is 9.32. The molecule has 0 aliphatic heterocycles. The summed E-state index contributed by atoms with van der Waals surface area (Å²) in [5.41, 5.74) is -2.80. The molecule has 4 heterocycles. The Kier molecular flexibility index (Phi) is 2.40. The molecule has 6 aromatic carbocycles. The molecule has 0 atom stereocenters. The molecule has 0 radical (unpaired) electrons. The van der Waals surface area contributed by atoms with Crippen LogP contribution in [0.15, 0.2) is 137 Å². The Labute approximate surface area is 291 Å². The smallest absolute Gasteiger partial charge is 0.238 e. The first-order valence-corrected chi connectivity index (χ1v) is 13.9. The van der Waals surface area contributed by atoms with E-state index in [1.807, 2.05) is 0 Å². The van der Waals surface area contributed by atoms with Gasteiger partial charge in [0.05, 0.1) is 46.6 Å². The molecule has 0 saturated heterocycles. The Morgan fingerprint density at radius 2 is 1.29 bits per heavy atom. The zero-order valence-electron chi connectivity index (χ0n) is 44.1. The number of para-hydroxylation sites is 2. The molecule has 0 fully saturated rings. The molecule has 45 heavy (non-hydrogen) atoms. The van der Waals surface area contributed by atoms with Crippen LogP contribution in [-0.2, 0) is 0 Å². The molecule has 0 bridgehead atoms. The lowest BCUT2D eigenvalue weighted by Gasteiger charge is -2.11. The summed E-state index contributed by atoms with van der Waals surface area (Å²) < 4.78 is 199. The molecule has 10 rings (SSSR count). The third kappa shape index (κ3) is 3.57. The van der Waals surface area contributed by atoms with Crippen molar-refractivity contribution >= 4 is 75.3 Å². The third-order valence-corrected chi connectivity index (χ3v) is 8.30. The fourth-order valence-corrected chi connectivity index (χ4v) is 6.37. The highest BCUT2D eigenvalue weighted by atomic mass is 32.1. The van der Waals surface area contributed by atoms with Crippen LogP contribution in [0.1, 0.15) is 30.2 Å². The minimum atomic E-state index is -0.832. The molecule has 0 saturated carbocycles. The van der Waals surface area contributed by atoms with E-state index < -0.39 is 184 Å². The molecule has 4 aromatic heterocycles. The van der Waals surface area contributed by atoms with Crippen LogP contribution >= 0.6 is 11.3 Å². The first-order chi connectivity index (χ1) is 31.5. The summed E-state index contributed by atoms with van der Waals surface area (Å²) in [5, 5.41) is -1.64. The Hall–Kier alpha value is -5.85. The molecule has 6 heteroatoms. The van der Waals surface area contributed by atoms with E-state index in [0.717, 1.165) is 4.57 Å². The van der Waals surface area contributed by atoms with Crippen molar-refractivity contribution in [1.82, 2.24) is 19.5 Å². The van der Waals surface area contributed by atoms with Gasteiger partial charge in [0.25, 0.3) is 0 Å². The highest BCUT2D eigenvalue weighted by molar-refractivity contribution is 7.26. The van der Waals surface area contributed by atoms with Crippen molar-refractivity contribution in [3.05, 3.63) is 133 Å². The SMILES string of the molecule is [2H]c1c([2H])c([2H])c(-c2nc(-c3c([2H])c([2H])c([2H])c4c3sc3c([2H])c([2H])c([2H])c([2H])c34)nc(-n3c4c([2H])c([2H])c([2H])c([2H])c4c4c5oc6c([2H])c([2H])c([2H])c([2H])c6c5c([2H])c([2H])c43)n2)c([2H])c1[2H]. The van der Waals surface area contributed by atoms with Gasteiger partial charge in [0.15, 0.2) is 11.6 Å². The predicted octanol–water partition coefficient (Wildman–Crippen LogP) is 10.6. The van der Waals surface area contributed by atoms with E-state index in [4.69, 9.17) is 29.1 Å². The minimum Gasteiger partial charge on any atom is -0.455 e. The van der Waals surface area contributed by atoms with Crippen molar-refractivity contribution < 1.29 is 34.6 Å². The van der Waals surface area contributed by atoms with Crippen LogP contribution < -0.4 is 0 Å². The molecule has 5 nitrogen and oxygen atoms in total. The Morgan fingerprint density at radius 1 is 0.556 bits per heavy atom. The zero-order chi connectivity index (χ0) is 48.6. The molecule has 0 unspecified atom stereocenters. The summed E-state index contributed by atoms with van der Waals surface area (Å²) in [6.07, 6.45) is 0. The van der Waals surface area contributed by atoms with Gasteiger partial charge in [0.2, 0.25) is 5.95 Å². The van der Waals surface area contributed by atoms with Crippen molar-refractivity contribution in [2.24, 2.45) is 0 Å². The van der Waals surface area contributed by atoms with Gasteiger partial charge < -0.3 is 4.42 Å². The van der Waals surface area contributed by atoms with Gasteiger partial charge >= 0.3 is 0 Å². The van der Waals surface area contributed by atoms with Gasteiger partial charge in [0.1, 0.15) is 11.2 Å². The zero-order valence-corrected chi connectivity index (χ0v) is 22.9. The van der Waals surface area contributed by atoms with Crippen LogP contribution in [0.4, 0.5) is 0 Å². The average molecular weight is 617 g/mol. The largest absolute Gasteiger partial charge is 0.455 e. The van der Waals surface area contributed by atoms with Gasteiger partial charge in [-0.15, -0.1) is 11.3 Å². The monoisotopic (exact) mass is 616 g/mol. The number of nitrogens with zero attached hydrogens (tertiary/aromatic N) is 4. The van der Waals surface area contributed by atoms with Gasteiger partial charge in [-0.25, -0.2) is 4.98 Å². The quantitative estimate of drug-likeness (QED) is 0.198. The normalized spacial score (nSPS) is 18.8. The fraction of sp³-hybridized carbons (Fsp3) is 0. The topological polar surface area (TPSA) is 56.7 Å². The lowest BCUT2D eigenvalue weighted by Crippen LogP contribution is -2.06. The van der Waals surface area contributed by atoms with Crippen molar-refractivity contribution in [2.75, 3.05) is 0 Å². The summed E-state index contributed by atoms with van der Waals surface area (Å²) in [6.45, 7) is 0. The van der Waals surface area contributed by atoms with Crippen LogP contribution in [0.3, 0.4) is 0 Å². The molecule has 0 aliphatic carbocycles. The average Bonchev–Trinajstić information content (AvgIpc) is 4.01. The van der Waals surface area contributed by atoms with Gasteiger partial charge in [0, 0.05) is 47.5 Å². The number of thiophene rings is 1. The minimum absolute atomic E-state index is 0.0716. The van der Waals surface area contributed by atoms with E-state index in [2.05, 4.69) is 15.0 Å². The lowest BCUT2D eigenvalue weighted by atomic mass is 10.1. The highest BCUT2D eigenvalue weighted by Crippen LogP contribution is 2.42.